The van der Waals surface area contributed by atoms with Gasteiger partial charge in [0.2, 0.25) is 17.7 Å². The summed E-state index contributed by atoms with van der Waals surface area (Å²) in [7, 11) is -2.65. The zero-order valence-corrected chi connectivity index (χ0v) is 59.2. The highest BCUT2D eigenvalue weighted by molar-refractivity contribution is 7.92. The van der Waals surface area contributed by atoms with Gasteiger partial charge in [-0.15, -0.1) is 6.42 Å². The van der Waals surface area contributed by atoms with E-state index in [0.29, 0.717) is 70.2 Å². The Morgan fingerprint density at radius 1 is 0.648 bits per heavy atom. The Bertz CT molecular complexity index is 4130. The zero-order valence-electron chi connectivity index (χ0n) is 58.4. The Morgan fingerprint density at radius 2 is 1.28 bits per heavy atom. The molecule has 12 N–H and O–H groups in total. The van der Waals surface area contributed by atoms with Gasteiger partial charge in [-0.05, 0) is 110 Å². The lowest BCUT2D eigenvalue weighted by Gasteiger charge is -2.30. The van der Waals surface area contributed by atoms with Gasteiger partial charge in [0.15, 0.2) is 11.5 Å². The molecule has 105 heavy (non-hydrogen) atoms. The number of aromatic nitrogens is 2. The topological polar surface area (TPSA) is 442 Å². The minimum atomic E-state index is -4.19. The molecule has 7 rings (SSSR count). The molecule has 1 saturated heterocycles. The Morgan fingerprint density at radius 3 is 1.96 bits per heavy atom. The molecule has 4 atom stereocenters. The first-order valence-corrected chi connectivity index (χ1v) is 35.1. The second-order valence-electron chi connectivity index (χ2n) is 23.8. The van der Waals surface area contributed by atoms with Crippen molar-refractivity contribution in [3.63, 3.8) is 0 Å². The van der Waals surface area contributed by atoms with Gasteiger partial charge in [-0.1, -0.05) is 51.0 Å². The van der Waals surface area contributed by atoms with Gasteiger partial charge in [0.05, 0.1) is 75.5 Å². The molecule has 5 aromatic carbocycles. The third-order valence-electron chi connectivity index (χ3n) is 15.5. The molecule has 34 heteroatoms. The lowest BCUT2D eigenvalue weighted by Crippen LogP contribution is -2.56. The van der Waals surface area contributed by atoms with Crippen molar-refractivity contribution >= 4 is 109 Å². The van der Waals surface area contributed by atoms with Crippen molar-refractivity contribution < 1.29 is 94.9 Å². The largest absolute Gasteiger partial charge is 0.487 e. The van der Waals surface area contributed by atoms with Crippen molar-refractivity contribution in [1.82, 2.24) is 41.5 Å². The molecule has 0 aliphatic carbocycles. The van der Waals surface area contributed by atoms with E-state index < -0.39 is 107 Å². The van der Waals surface area contributed by atoms with Crippen LogP contribution in [0.1, 0.15) is 76.5 Å². The third kappa shape index (κ3) is 26.8. The van der Waals surface area contributed by atoms with E-state index in [4.69, 9.17) is 39.6 Å². The van der Waals surface area contributed by atoms with Crippen LogP contribution in [-0.4, -0.2) is 198 Å². The summed E-state index contributed by atoms with van der Waals surface area (Å²) in [5.74, 6) is -2.27. The molecule has 9 amide bonds. The number of methoxy groups -OCH3 is 1. The molecule has 0 bridgehead atoms. The zero-order chi connectivity index (χ0) is 75.7. The van der Waals surface area contributed by atoms with Crippen LogP contribution in [0.5, 0.6) is 11.5 Å². The average Bonchev–Trinajstić information content (AvgIpc) is 1.67. The number of rotatable bonds is 42. The number of ether oxygens (including phenoxy) is 7. The number of benzene rings is 5. The summed E-state index contributed by atoms with van der Waals surface area (Å²) in [6.45, 7) is 6.63. The molecule has 1 fully saturated rings. The van der Waals surface area contributed by atoms with Crippen molar-refractivity contribution in [2.75, 3.05) is 119 Å². The lowest BCUT2D eigenvalue weighted by molar-refractivity contribution is -0.151. The van der Waals surface area contributed by atoms with Crippen molar-refractivity contribution in [3.8, 4) is 23.8 Å². The van der Waals surface area contributed by atoms with Crippen molar-refractivity contribution in [2.24, 2.45) is 5.92 Å². The second kappa shape index (κ2) is 41.7. The Labute approximate surface area is 606 Å². The Balaban J connectivity index is 0.757. The molecule has 33 nitrogen and oxygen atoms in total. The van der Waals surface area contributed by atoms with Gasteiger partial charge < -0.3 is 96.1 Å². The number of carbonyl (C=O) groups excluding carboxylic acids is 7. The number of carboxylic acids is 2. The number of urea groups is 3. The lowest BCUT2D eigenvalue weighted by atomic mass is 10.0. The van der Waals surface area contributed by atoms with Gasteiger partial charge in [0, 0.05) is 78.6 Å². The minimum Gasteiger partial charge on any atom is -0.487 e. The molecule has 0 unspecified atom stereocenters. The van der Waals surface area contributed by atoms with Crippen LogP contribution in [0, 0.1) is 18.3 Å². The molecule has 6 aromatic rings. The van der Waals surface area contributed by atoms with E-state index in [2.05, 4.69) is 68.5 Å². The van der Waals surface area contributed by atoms with Crippen LogP contribution >= 0.6 is 0 Å². The molecule has 0 radical (unpaired) electrons. The maximum atomic E-state index is 13.9. The van der Waals surface area contributed by atoms with Crippen LogP contribution in [-0.2, 0) is 62.5 Å². The van der Waals surface area contributed by atoms with Crippen molar-refractivity contribution in [1.29, 1.82) is 0 Å². The fourth-order valence-corrected chi connectivity index (χ4v) is 11.5. The number of nitrogens with zero attached hydrogens (tertiary/aromatic N) is 3. The number of likely N-dealkylation sites (tertiary alicyclic amines) is 1. The summed E-state index contributed by atoms with van der Waals surface area (Å²) in [6, 6.07) is 21.5. The molecule has 2 heterocycles. The first kappa shape index (κ1) is 80.9. The van der Waals surface area contributed by atoms with E-state index in [1.165, 1.54) is 91.1 Å². The van der Waals surface area contributed by atoms with Gasteiger partial charge >= 0.3 is 36.0 Å². The Kier molecular flexibility index (Phi) is 32.1. The summed E-state index contributed by atoms with van der Waals surface area (Å²) in [4.78, 5) is 126. The first-order valence-electron chi connectivity index (χ1n) is 33.6. The second-order valence-corrected chi connectivity index (χ2v) is 25.5. The predicted octanol–water partition coefficient (Wildman–Crippen LogP) is 6.32. The first-order chi connectivity index (χ1) is 50.5. The maximum Gasteiger partial charge on any atom is 0.329 e. The fraction of sp³-hybridized carbons (Fsp3) is 0.394. The Hall–Kier alpha value is -11.4. The van der Waals surface area contributed by atoms with E-state index in [1.807, 2.05) is 19.1 Å². The molecule has 1 aliphatic heterocycles. The van der Waals surface area contributed by atoms with Crippen LogP contribution in [0.3, 0.4) is 0 Å². The summed E-state index contributed by atoms with van der Waals surface area (Å²) in [5, 5.41) is 44.2. The molecule has 0 spiro atoms. The summed E-state index contributed by atoms with van der Waals surface area (Å²) >= 11 is 0. The van der Waals surface area contributed by atoms with Gasteiger partial charge in [-0.25, -0.2) is 37.6 Å². The smallest absolute Gasteiger partial charge is 0.329 e. The highest BCUT2D eigenvalue weighted by atomic mass is 32.2. The number of carboxylic acid groups (broad SMARTS) is 2. The van der Waals surface area contributed by atoms with E-state index in [-0.39, 0.29) is 114 Å². The molecule has 1 aliphatic rings. The number of amides is 9. The summed E-state index contributed by atoms with van der Waals surface area (Å²) in [6.07, 6.45) is 6.75. The van der Waals surface area contributed by atoms with Gasteiger partial charge in [0.1, 0.15) is 50.1 Å². The van der Waals surface area contributed by atoms with Crippen LogP contribution in [0.2, 0.25) is 0 Å². The van der Waals surface area contributed by atoms with E-state index in [9.17, 15) is 61.8 Å². The monoisotopic (exact) mass is 1470 g/mol. The highest BCUT2D eigenvalue weighted by Crippen LogP contribution is 2.36. The van der Waals surface area contributed by atoms with Crippen molar-refractivity contribution in [2.45, 2.75) is 88.4 Å². The number of aliphatic carboxylic acids is 2. The number of sulfonamides is 1. The third-order valence-corrected chi connectivity index (χ3v) is 16.9. The number of nitrogens with one attached hydrogen (secondary N) is 10. The predicted molar refractivity (Wildman–Crippen MR) is 385 cm³/mol. The van der Waals surface area contributed by atoms with E-state index >= 15 is 0 Å². The van der Waals surface area contributed by atoms with Gasteiger partial charge in [-0.3, -0.25) is 28.7 Å². The SMILES string of the molecule is C#Cc1cccc(Nc2ncnc3cc(OCCOC)c(OCCOC(=O)[C@@H](NC(=O)[C@@H]4CCCN4C(=O)[C@H](CC(=O)O)NC(=O)CCOCCOCCOCCNC(=O)Nc4ccc(NC(=O)N[C@H](CC(=O)O)c5cccc(NS(=O)(=O)c6cccc(NC(=O)NCCC)c6)c5)cc4)C(C)C)cc23)c1. The number of terminal acetylenes is 1. The normalized spacial score (nSPS) is 13.4. The van der Waals surface area contributed by atoms with E-state index in [1.54, 1.807) is 38.1 Å². The number of fused-ring (bicyclic) bond motifs is 1. The quantitative estimate of drug-likeness (QED) is 0.0113. The average molecular weight is 1470 g/mol. The number of carbonyl (C=O) groups is 9. The van der Waals surface area contributed by atoms with E-state index in [0.717, 1.165) is 0 Å². The number of hydrogen-bond donors (Lipinski definition) is 12. The minimum absolute atomic E-state index is 0.0805. The number of esters is 1. The number of anilines is 6. The molecular formula is C71H87N13O20S. The van der Waals surface area contributed by atoms with Crippen LogP contribution < -0.4 is 62.0 Å². The van der Waals surface area contributed by atoms with Crippen molar-refractivity contribution in [3.05, 3.63) is 127 Å². The summed E-state index contributed by atoms with van der Waals surface area (Å²) in [5.41, 5.74) is 3.17. The fourth-order valence-electron chi connectivity index (χ4n) is 10.4. The standard InChI is InChI=1S/C71H87N13O20S/c1-6-24-72-69(93)79-51-15-10-17-53(39-51)105(96,97)83-52-16-9-13-47(38-52)55(42-62(86)87)81-71(95)78-49-21-19-48(20-22-49)77-70(94)73-25-28-100-31-33-101-32-30-99-27-23-61(85)80-57(43-63(88)89)67(91)84-26-11-18-58(84)66(90)82-64(45(3)4)68(92)104-36-35-103-59-40-54-56(41-60(59)102-34-29-98-5)74-44-75-65(54)76-50-14-8-12-46(7-2)37-50/h2,8-10,12-17,19-22,37-41,44-45,55,57-58,64,83H,6,11,18,23-36,42-43H2,1,3-5H3,(H,80,85)(H,82,90)(H,86,87)(H,88,89)(H2,72,79,93)(H2,73,77,94)(H,74,75,76)(H2,78,81,95)/t55-,57+,58+,64+/m1/s1. The number of hydrogen-bond acceptors (Lipinski definition) is 21. The maximum absolute atomic E-state index is 13.9. The van der Waals surface area contributed by atoms with Crippen LogP contribution in [0.25, 0.3) is 10.9 Å². The molecular weight excluding hydrogens is 1390 g/mol. The summed E-state index contributed by atoms with van der Waals surface area (Å²) < 4.78 is 68.5. The molecule has 1 aromatic heterocycles. The van der Waals surface area contributed by atoms with Crippen LogP contribution in [0.4, 0.5) is 48.6 Å². The van der Waals surface area contributed by atoms with Gasteiger partial charge in [-0.2, -0.15) is 0 Å². The molecule has 562 valence electrons. The molecule has 0 saturated carbocycles. The highest BCUT2D eigenvalue weighted by Gasteiger charge is 2.40. The van der Waals surface area contributed by atoms with Gasteiger partial charge in [0.25, 0.3) is 10.0 Å². The van der Waals surface area contributed by atoms with Crippen LogP contribution in [0.15, 0.2) is 120 Å².